The van der Waals surface area contributed by atoms with Gasteiger partial charge in [0.25, 0.3) is 0 Å². The molecule has 2 N–H and O–H groups in total. The first-order valence-electron chi connectivity index (χ1n) is 5.79. The van der Waals surface area contributed by atoms with Crippen LogP contribution in [0.3, 0.4) is 0 Å². The molecule has 0 bridgehead atoms. The van der Waals surface area contributed by atoms with E-state index in [1.165, 1.54) is 0 Å². The van der Waals surface area contributed by atoms with Crippen molar-refractivity contribution in [2.75, 3.05) is 19.8 Å². The number of halogens is 1. The summed E-state index contributed by atoms with van der Waals surface area (Å²) in [6.07, 6.45) is 2.26. The lowest BCUT2D eigenvalue weighted by atomic mass is 9.96. The van der Waals surface area contributed by atoms with Gasteiger partial charge in [-0.25, -0.2) is 4.39 Å². The minimum atomic E-state index is -0.447. The van der Waals surface area contributed by atoms with Gasteiger partial charge >= 0.3 is 0 Å². The van der Waals surface area contributed by atoms with Gasteiger partial charge in [0, 0.05) is 12.5 Å². The summed E-state index contributed by atoms with van der Waals surface area (Å²) in [5.41, 5.74) is 1.68. The summed E-state index contributed by atoms with van der Waals surface area (Å²) in [7, 11) is 0. The van der Waals surface area contributed by atoms with E-state index in [1.54, 1.807) is 4.68 Å². The number of rotatable bonds is 4. The quantitative estimate of drug-likeness (QED) is 0.800. The largest absolute Gasteiger partial charge is 0.390 e. The molecule has 1 aliphatic heterocycles. The molecule has 4 nitrogen and oxygen atoms in total. The maximum atomic E-state index is 12.3. The van der Waals surface area contributed by atoms with E-state index in [0.29, 0.717) is 11.6 Å². The van der Waals surface area contributed by atoms with E-state index in [4.69, 9.17) is 5.11 Å². The number of nitrogens with zero attached hydrogens (tertiary/aromatic N) is 2. The molecule has 1 atom stereocenters. The molecule has 5 heteroatoms. The highest BCUT2D eigenvalue weighted by molar-refractivity contribution is 5.15. The summed E-state index contributed by atoms with van der Waals surface area (Å²) in [6.45, 7) is 1.70. The molecule has 90 valence electrons. The summed E-state index contributed by atoms with van der Waals surface area (Å²) in [5.74, 6) is 0.403. The van der Waals surface area contributed by atoms with E-state index in [2.05, 4.69) is 10.4 Å². The Bertz CT molecular complexity index is 334. The van der Waals surface area contributed by atoms with Gasteiger partial charge < -0.3 is 10.4 Å². The van der Waals surface area contributed by atoms with E-state index in [1.807, 2.05) is 6.07 Å². The third-order valence-corrected chi connectivity index (χ3v) is 3.06. The van der Waals surface area contributed by atoms with Crippen LogP contribution in [0.5, 0.6) is 0 Å². The van der Waals surface area contributed by atoms with E-state index in [9.17, 15) is 4.39 Å². The monoisotopic (exact) mass is 227 g/mol. The fourth-order valence-corrected chi connectivity index (χ4v) is 2.18. The molecule has 1 aliphatic rings. The van der Waals surface area contributed by atoms with Gasteiger partial charge in [-0.3, -0.25) is 4.68 Å². The van der Waals surface area contributed by atoms with Crippen LogP contribution in [0.15, 0.2) is 6.07 Å². The van der Waals surface area contributed by atoms with Crippen LogP contribution in [-0.2, 0) is 13.2 Å². The minimum Gasteiger partial charge on any atom is -0.390 e. The maximum absolute atomic E-state index is 12.3. The molecule has 0 amide bonds. The topological polar surface area (TPSA) is 50.1 Å². The number of aryl methyl sites for hydroxylation is 1. The first-order chi connectivity index (χ1) is 7.85. The molecule has 0 spiro atoms. The molecule has 1 saturated heterocycles. The number of aliphatic hydroxyl groups excluding tert-OH is 1. The zero-order valence-electron chi connectivity index (χ0n) is 9.32. The minimum absolute atomic E-state index is 0.0762. The van der Waals surface area contributed by atoms with Crippen LogP contribution in [0.25, 0.3) is 0 Å². The van der Waals surface area contributed by atoms with Crippen LogP contribution in [-0.4, -0.2) is 34.7 Å². The normalized spacial score (nSPS) is 21.2. The summed E-state index contributed by atoms with van der Waals surface area (Å²) < 4.78 is 13.9. The van der Waals surface area contributed by atoms with E-state index in [-0.39, 0.29) is 13.2 Å². The van der Waals surface area contributed by atoms with Crippen LogP contribution in [0.4, 0.5) is 4.39 Å². The highest BCUT2D eigenvalue weighted by Crippen LogP contribution is 2.22. The fourth-order valence-electron chi connectivity index (χ4n) is 2.18. The van der Waals surface area contributed by atoms with Gasteiger partial charge in [-0.1, -0.05) is 0 Å². The van der Waals surface area contributed by atoms with E-state index < -0.39 is 6.67 Å². The molecule has 0 aromatic carbocycles. The van der Waals surface area contributed by atoms with Crippen molar-refractivity contribution in [3.8, 4) is 0 Å². The van der Waals surface area contributed by atoms with Gasteiger partial charge in [0.05, 0.1) is 24.5 Å². The summed E-state index contributed by atoms with van der Waals surface area (Å²) >= 11 is 0. The van der Waals surface area contributed by atoms with Crippen molar-refractivity contribution >= 4 is 0 Å². The standard InChI is InChI=1S/C11H18FN3O/c12-3-5-15-10(8-16)6-11(14-15)9-2-1-4-13-7-9/h6,9,13,16H,1-5,7-8H2/t9-/m1/s1. The molecular formula is C11H18FN3O. The molecule has 2 heterocycles. The van der Waals surface area contributed by atoms with Crippen LogP contribution >= 0.6 is 0 Å². The zero-order chi connectivity index (χ0) is 11.4. The number of hydrogen-bond donors (Lipinski definition) is 2. The number of hydrogen-bond acceptors (Lipinski definition) is 3. The van der Waals surface area contributed by atoms with E-state index in [0.717, 1.165) is 31.6 Å². The van der Waals surface area contributed by atoms with Crippen molar-refractivity contribution in [1.29, 1.82) is 0 Å². The molecule has 1 aromatic rings. The Morgan fingerprint density at radius 1 is 1.62 bits per heavy atom. The van der Waals surface area contributed by atoms with Crippen molar-refractivity contribution in [3.05, 3.63) is 17.5 Å². The number of piperidine rings is 1. The molecule has 0 aliphatic carbocycles. The Hall–Kier alpha value is -0.940. The summed E-state index contributed by atoms with van der Waals surface area (Å²) in [4.78, 5) is 0. The SMILES string of the molecule is OCc1cc([C@@H]2CCCNC2)nn1CCF. The second kappa shape index (κ2) is 5.41. The van der Waals surface area contributed by atoms with Gasteiger partial charge in [-0.05, 0) is 25.5 Å². The number of alkyl halides is 1. The molecule has 0 saturated carbocycles. The van der Waals surface area contributed by atoms with E-state index >= 15 is 0 Å². The van der Waals surface area contributed by atoms with Crippen molar-refractivity contribution in [2.24, 2.45) is 0 Å². The third-order valence-electron chi connectivity index (χ3n) is 3.06. The molecule has 2 rings (SSSR count). The summed E-state index contributed by atoms with van der Waals surface area (Å²) in [5, 5.41) is 16.9. The third kappa shape index (κ3) is 2.41. The number of aromatic nitrogens is 2. The average Bonchev–Trinajstić information content (AvgIpc) is 2.74. The highest BCUT2D eigenvalue weighted by Gasteiger charge is 2.19. The van der Waals surface area contributed by atoms with Crippen LogP contribution in [0, 0.1) is 0 Å². The molecular weight excluding hydrogens is 209 g/mol. The Morgan fingerprint density at radius 3 is 3.12 bits per heavy atom. The fraction of sp³-hybridized carbons (Fsp3) is 0.727. The number of aliphatic hydroxyl groups is 1. The predicted octanol–water partition coefficient (Wildman–Crippen LogP) is 0.812. The molecule has 1 aromatic heterocycles. The molecule has 1 fully saturated rings. The second-order valence-corrected chi connectivity index (χ2v) is 4.17. The lowest BCUT2D eigenvalue weighted by Gasteiger charge is -2.20. The van der Waals surface area contributed by atoms with Gasteiger partial charge in [-0.2, -0.15) is 5.10 Å². The first-order valence-corrected chi connectivity index (χ1v) is 5.79. The van der Waals surface area contributed by atoms with Gasteiger partial charge in [0.1, 0.15) is 6.67 Å². The van der Waals surface area contributed by atoms with Crippen molar-refractivity contribution in [3.63, 3.8) is 0 Å². The van der Waals surface area contributed by atoms with Crippen LogP contribution < -0.4 is 5.32 Å². The Kier molecular flexibility index (Phi) is 3.90. The Balaban J connectivity index is 2.14. The molecule has 0 radical (unpaired) electrons. The Labute approximate surface area is 94.5 Å². The smallest absolute Gasteiger partial charge is 0.109 e. The predicted molar refractivity (Wildman–Crippen MR) is 59.0 cm³/mol. The average molecular weight is 227 g/mol. The van der Waals surface area contributed by atoms with Gasteiger partial charge in [0.2, 0.25) is 0 Å². The van der Waals surface area contributed by atoms with Crippen LogP contribution in [0.2, 0.25) is 0 Å². The number of nitrogens with one attached hydrogen (secondary N) is 1. The lowest BCUT2D eigenvalue weighted by molar-refractivity contribution is 0.265. The van der Waals surface area contributed by atoms with Gasteiger partial charge in [-0.15, -0.1) is 0 Å². The van der Waals surface area contributed by atoms with Crippen molar-refractivity contribution in [2.45, 2.75) is 31.9 Å². The zero-order valence-corrected chi connectivity index (χ0v) is 9.32. The van der Waals surface area contributed by atoms with Gasteiger partial charge in [0.15, 0.2) is 0 Å². The van der Waals surface area contributed by atoms with Crippen molar-refractivity contribution < 1.29 is 9.50 Å². The highest BCUT2D eigenvalue weighted by atomic mass is 19.1. The Morgan fingerprint density at radius 2 is 2.50 bits per heavy atom. The first kappa shape index (κ1) is 11.5. The molecule has 0 unspecified atom stereocenters. The molecule has 16 heavy (non-hydrogen) atoms. The summed E-state index contributed by atoms with van der Waals surface area (Å²) in [6, 6.07) is 1.90. The van der Waals surface area contributed by atoms with Crippen molar-refractivity contribution in [1.82, 2.24) is 15.1 Å². The lowest BCUT2D eigenvalue weighted by Crippen LogP contribution is -2.28. The maximum Gasteiger partial charge on any atom is 0.109 e. The van der Waals surface area contributed by atoms with Crippen LogP contribution in [0.1, 0.15) is 30.1 Å². The second-order valence-electron chi connectivity index (χ2n) is 4.17.